The quantitative estimate of drug-likeness (QED) is 0.667. The van der Waals surface area contributed by atoms with E-state index in [1.54, 1.807) is 18.3 Å². The average molecular weight is 313 g/mol. The van der Waals surface area contributed by atoms with Crippen LogP contribution in [-0.4, -0.2) is 23.0 Å². The maximum Gasteiger partial charge on any atom is 0.164 e. The molecule has 0 saturated carbocycles. The Bertz CT molecular complexity index is 676. The first-order valence-corrected chi connectivity index (χ1v) is 7.70. The molecule has 2 aromatic rings. The number of aromatic nitrogens is 1. The Labute approximate surface area is 134 Å². The molecule has 1 aromatic heterocycles. The van der Waals surface area contributed by atoms with Gasteiger partial charge in [-0.25, -0.2) is 5.21 Å². The molecule has 6 heteroatoms. The van der Waals surface area contributed by atoms with Gasteiger partial charge in [-0.3, -0.25) is 9.78 Å². The van der Waals surface area contributed by atoms with Crippen molar-refractivity contribution in [1.82, 2.24) is 4.98 Å². The molecule has 6 nitrogen and oxygen atoms in total. The lowest BCUT2D eigenvalue weighted by Gasteiger charge is -2.38. The van der Waals surface area contributed by atoms with Gasteiger partial charge in [-0.15, -0.1) is 0 Å². The number of pyridine rings is 1. The Morgan fingerprint density at radius 1 is 1.35 bits per heavy atom. The number of piperidine rings is 1. The van der Waals surface area contributed by atoms with Gasteiger partial charge in [-0.1, -0.05) is 6.07 Å². The summed E-state index contributed by atoms with van der Waals surface area (Å²) in [5.74, 6) is 0. The first kappa shape index (κ1) is 15.6. The number of hydrogen-bond donors (Lipinski definition) is 2. The van der Waals surface area contributed by atoms with Crippen molar-refractivity contribution in [2.75, 3.05) is 11.4 Å². The molecular weight excluding hydrogens is 294 g/mol. The number of nitrogens with zero attached hydrogens (tertiary/aromatic N) is 2. The van der Waals surface area contributed by atoms with Gasteiger partial charge < -0.3 is 10.1 Å². The lowest BCUT2D eigenvalue weighted by atomic mass is 9.95. The van der Waals surface area contributed by atoms with Crippen LogP contribution in [0.15, 0.2) is 42.7 Å². The minimum atomic E-state index is -1.03. The standard InChI is InChI=1S/C17H19N3O3/c21-12-14-10-15(20(22)23)6-7-17(14)19-9-2-1-5-16(19)13-4-3-8-18-11-13/h3-4,6-8,10-12,16,20,22H,1-2,5,9H2/t16-/m0/s1. The monoisotopic (exact) mass is 313 g/mol. The second kappa shape index (κ2) is 6.87. The van der Waals surface area contributed by atoms with Crippen LogP contribution in [0.25, 0.3) is 0 Å². The molecule has 1 fully saturated rings. The number of anilines is 1. The summed E-state index contributed by atoms with van der Waals surface area (Å²) in [7, 11) is 0. The van der Waals surface area contributed by atoms with Crippen LogP contribution in [0.1, 0.15) is 41.2 Å². The van der Waals surface area contributed by atoms with Gasteiger partial charge in [0.15, 0.2) is 12.0 Å². The molecule has 2 heterocycles. The van der Waals surface area contributed by atoms with Gasteiger partial charge in [0.25, 0.3) is 0 Å². The third-order valence-corrected chi connectivity index (χ3v) is 4.28. The zero-order chi connectivity index (χ0) is 16.2. The predicted octanol–water partition coefficient (Wildman–Crippen LogP) is 2.03. The first-order valence-electron chi connectivity index (χ1n) is 7.70. The normalized spacial score (nSPS) is 19.4. The van der Waals surface area contributed by atoms with Crippen molar-refractivity contribution in [1.29, 1.82) is 0 Å². The Morgan fingerprint density at radius 2 is 2.22 bits per heavy atom. The van der Waals surface area contributed by atoms with E-state index in [-0.39, 0.29) is 11.7 Å². The van der Waals surface area contributed by atoms with Crippen LogP contribution in [-0.2, 0) is 0 Å². The summed E-state index contributed by atoms with van der Waals surface area (Å²) in [4.78, 5) is 17.8. The molecule has 1 unspecified atom stereocenters. The van der Waals surface area contributed by atoms with E-state index in [9.17, 15) is 10.0 Å². The largest absolute Gasteiger partial charge is 0.595 e. The van der Waals surface area contributed by atoms with Gasteiger partial charge in [-0.05, 0) is 37.0 Å². The van der Waals surface area contributed by atoms with Gasteiger partial charge in [-0.2, -0.15) is 5.23 Å². The summed E-state index contributed by atoms with van der Waals surface area (Å²) in [5.41, 5.74) is 2.45. The van der Waals surface area contributed by atoms with E-state index in [1.165, 1.54) is 6.07 Å². The molecule has 0 spiro atoms. The van der Waals surface area contributed by atoms with Gasteiger partial charge in [0, 0.05) is 42.3 Å². The fraction of sp³-hybridized carbons (Fsp3) is 0.294. The van der Waals surface area contributed by atoms with Gasteiger partial charge in [0.1, 0.15) is 0 Å². The number of rotatable bonds is 4. The smallest absolute Gasteiger partial charge is 0.164 e. The second-order valence-corrected chi connectivity index (χ2v) is 5.69. The van der Waals surface area contributed by atoms with Crippen molar-refractivity contribution in [2.45, 2.75) is 25.3 Å². The molecule has 2 atom stereocenters. The topological polar surface area (TPSA) is 80.9 Å². The van der Waals surface area contributed by atoms with E-state index in [0.29, 0.717) is 5.56 Å². The molecule has 1 aromatic carbocycles. The molecule has 2 N–H and O–H groups in total. The van der Waals surface area contributed by atoms with E-state index in [4.69, 9.17) is 5.21 Å². The molecule has 0 bridgehead atoms. The molecule has 1 aliphatic rings. The number of nitrogens with one attached hydrogen (secondary N) is 1. The highest BCUT2D eigenvalue weighted by atomic mass is 16.8. The van der Waals surface area contributed by atoms with Crippen LogP contribution in [0, 0.1) is 5.21 Å². The minimum Gasteiger partial charge on any atom is -0.595 e. The zero-order valence-electron chi connectivity index (χ0n) is 12.7. The fourth-order valence-corrected chi connectivity index (χ4v) is 3.18. The number of carbonyl (C=O) groups excluding carboxylic acids is 1. The van der Waals surface area contributed by atoms with Crippen LogP contribution in [0.5, 0.6) is 0 Å². The van der Waals surface area contributed by atoms with E-state index in [1.807, 2.05) is 18.3 Å². The highest BCUT2D eigenvalue weighted by Gasteiger charge is 2.26. The number of carbonyl (C=O) groups is 1. The lowest BCUT2D eigenvalue weighted by Crippen LogP contribution is -2.99. The summed E-state index contributed by atoms with van der Waals surface area (Å²) >= 11 is 0. The highest BCUT2D eigenvalue weighted by Crippen LogP contribution is 2.36. The lowest BCUT2D eigenvalue weighted by molar-refractivity contribution is -0.991. The Kier molecular flexibility index (Phi) is 4.66. The summed E-state index contributed by atoms with van der Waals surface area (Å²) < 4.78 is 0. The first-order chi connectivity index (χ1) is 11.2. The SMILES string of the molecule is O=Cc1cc([NH+]([O-])O)ccc1N1CCCC[C@H]1c1cccnc1. The third kappa shape index (κ3) is 3.24. The highest BCUT2D eigenvalue weighted by molar-refractivity contribution is 5.86. The molecule has 23 heavy (non-hydrogen) atoms. The minimum absolute atomic E-state index is 0.130. The van der Waals surface area contributed by atoms with Crippen molar-refractivity contribution in [3.63, 3.8) is 0 Å². The molecule has 0 aliphatic carbocycles. The third-order valence-electron chi connectivity index (χ3n) is 4.28. The number of quaternary nitrogens is 1. The molecule has 0 radical (unpaired) electrons. The van der Waals surface area contributed by atoms with Crippen LogP contribution >= 0.6 is 0 Å². The summed E-state index contributed by atoms with van der Waals surface area (Å²) in [6, 6.07) is 8.85. The molecule has 3 rings (SSSR count). The van der Waals surface area contributed by atoms with E-state index < -0.39 is 5.23 Å². The van der Waals surface area contributed by atoms with Crippen molar-refractivity contribution in [3.8, 4) is 0 Å². The van der Waals surface area contributed by atoms with Crippen LogP contribution in [0.3, 0.4) is 0 Å². The fourth-order valence-electron chi connectivity index (χ4n) is 3.18. The van der Waals surface area contributed by atoms with Crippen molar-refractivity contribution >= 4 is 17.7 Å². The summed E-state index contributed by atoms with van der Waals surface area (Å²) in [6.07, 6.45) is 7.50. The molecular formula is C17H19N3O3. The summed E-state index contributed by atoms with van der Waals surface area (Å²) in [5, 5.41) is 19.2. The molecule has 0 amide bonds. The maximum absolute atomic E-state index is 11.5. The zero-order valence-corrected chi connectivity index (χ0v) is 12.7. The molecule has 1 saturated heterocycles. The van der Waals surface area contributed by atoms with Gasteiger partial charge in [0.05, 0.1) is 6.04 Å². The molecule has 120 valence electrons. The number of hydrogen-bond acceptors (Lipinski definition) is 5. The Balaban J connectivity index is 1.99. The van der Waals surface area contributed by atoms with Crippen molar-refractivity contribution in [2.24, 2.45) is 0 Å². The number of benzene rings is 1. The molecule has 1 aliphatic heterocycles. The van der Waals surface area contributed by atoms with Crippen molar-refractivity contribution < 1.29 is 15.2 Å². The van der Waals surface area contributed by atoms with Crippen LogP contribution in [0.2, 0.25) is 0 Å². The van der Waals surface area contributed by atoms with Gasteiger partial charge >= 0.3 is 0 Å². The maximum atomic E-state index is 11.5. The van der Waals surface area contributed by atoms with Crippen LogP contribution < -0.4 is 10.1 Å². The van der Waals surface area contributed by atoms with E-state index in [0.717, 1.165) is 43.3 Å². The Morgan fingerprint density at radius 3 is 2.91 bits per heavy atom. The Hall–Kier alpha value is -2.28. The van der Waals surface area contributed by atoms with E-state index >= 15 is 0 Å². The van der Waals surface area contributed by atoms with Crippen LogP contribution in [0.4, 0.5) is 11.4 Å². The average Bonchev–Trinajstić information content (AvgIpc) is 2.62. The van der Waals surface area contributed by atoms with Gasteiger partial charge in [0.2, 0.25) is 0 Å². The summed E-state index contributed by atoms with van der Waals surface area (Å²) in [6.45, 7) is 0.840. The second-order valence-electron chi connectivity index (χ2n) is 5.69. The van der Waals surface area contributed by atoms with Crippen molar-refractivity contribution in [3.05, 3.63) is 59.1 Å². The number of aldehydes is 1. The predicted molar refractivity (Wildman–Crippen MR) is 85.8 cm³/mol. The van der Waals surface area contributed by atoms with E-state index in [2.05, 4.69) is 9.88 Å².